The van der Waals surface area contributed by atoms with Crippen molar-refractivity contribution in [3.8, 4) is 11.8 Å². The average Bonchev–Trinajstić information content (AvgIpc) is 2.83. The molecule has 0 radical (unpaired) electrons. The van der Waals surface area contributed by atoms with Gasteiger partial charge in [-0.2, -0.15) is 10.4 Å². The van der Waals surface area contributed by atoms with Gasteiger partial charge in [0.05, 0.1) is 18.9 Å². The molecule has 0 bridgehead atoms. The minimum Gasteiger partial charge on any atom is -0.496 e. The second-order valence-electron chi connectivity index (χ2n) is 8.00. The van der Waals surface area contributed by atoms with Crippen molar-refractivity contribution in [2.24, 2.45) is 5.10 Å². The predicted molar refractivity (Wildman–Crippen MR) is 135 cm³/mol. The number of halogens is 2. The van der Waals surface area contributed by atoms with E-state index in [0.29, 0.717) is 33.8 Å². The number of thiocarbonyl (C=S) groups is 1. The highest BCUT2D eigenvalue weighted by Gasteiger charge is 2.17. The molecule has 1 aliphatic carbocycles. The van der Waals surface area contributed by atoms with E-state index in [2.05, 4.69) is 26.9 Å². The minimum atomic E-state index is -2.70. The van der Waals surface area contributed by atoms with Gasteiger partial charge in [0.2, 0.25) is 0 Å². The van der Waals surface area contributed by atoms with Crippen LogP contribution in [0.2, 0.25) is 0 Å². The fourth-order valence-corrected chi connectivity index (χ4v) is 5.05. The molecule has 34 heavy (non-hydrogen) atoms. The maximum Gasteiger partial charge on any atom is 0.280 e. The molecule has 6 nitrogen and oxygen atoms in total. The van der Waals surface area contributed by atoms with Gasteiger partial charge in [0, 0.05) is 17.4 Å². The molecule has 1 heterocycles. The topological polar surface area (TPSA) is 82.3 Å². The number of alkyl halides is 2. The summed E-state index contributed by atoms with van der Waals surface area (Å²) in [5.41, 5.74) is 4.94. The van der Waals surface area contributed by atoms with Crippen LogP contribution in [0.4, 0.5) is 8.78 Å². The normalized spacial score (nSPS) is 14.2. The molecule has 0 amide bonds. The third-order valence-corrected chi connectivity index (χ3v) is 6.76. The number of hydrogen-bond donors (Lipinski definition) is 2. The van der Waals surface area contributed by atoms with Crippen molar-refractivity contribution in [3.05, 3.63) is 52.2 Å². The van der Waals surface area contributed by atoms with E-state index in [1.807, 2.05) is 18.2 Å². The van der Waals surface area contributed by atoms with Crippen LogP contribution in [0.25, 0.3) is 0 Å². The highest BCUT2D eigenvalue weighted by atomic mass is 32.2. The number of methoxy groups -OCH3 is 1. The SMILES string of the molecule is COc1ccc(/C=N/NC(=S)NC2CCCCC2)cc1CSc1nc(C(F)F)cc(C)c1C#N. The molecule has 2 N–H and O–H groups in total. The van der Waals surface area contributed by atoms with Gasteiger partial charge in [-0.15, -0.1) is 11.8 Å². The molecule has 0 atom stereocenters. The number of nitriles is 1. The van der Waals surface area contributed by atoms with Crippen molar-refractivity contribution in [2.45, 2.75) is 62.3 Å². The van der Waals surface area contributed by atoms with Gasteiger partial charge in [-0.1, -0.05) is 19.3 Å². The lowest BCUT2D eigenvalue weighted by Gasteiger charge is -2.23. The first-order valence-electron chi connectivity index (χ1n) is 11.0. The van der Waals surface area contributed by atoms with Crippen molar-refractivity contribution in [1.29, 1.82) is 5.26 Å². The third kappa shape index (κ3) is 7.11. The van der Waals surface area contributed by atoms with Crippen molar-refractivity contribution >= 4 is 35.3 Å². The molecule has 1 aliphatic rings. The zero-order valence-electron chi connectivity index (χ0n) is 19.1. The molecule has 10 heteroatoms. The monoisotopic (exact) mass is 503 g/mol. The molecule has 1 aromatic carbocycles. The molecular formula is C24H27F2N5OS2. The van der Waals surface area contributed by atoms with Crippen LogP contribution in [0.1, 0.15) is 66.5 Å². The molecular weight excluding hydrogens is 476 g/mol. The first kappa shape index (κ1) is 25.8. The van der Waals surface area contributed by atoms with Gasteiger partial charge in [0.25, 0.3) is 6.43 Å². The van der Waals surface area contributed by atoms with Crippen LogP contribution >= 0.6 is 24.0 Å². The second-order valence-corrected chi connectivity index (χ2v) is 9.37. The predicted octanol–water partition coefficient (Wildman–Crippen LogP) is 5.63. The van der Waals surface area contributed by atoms with Gasteiger partial charge in [-0.05, 0) is 67.4 Å². The lowest BCUT2D eigenvalue weighted by molar-refractivity contribution is 0.145. The smallest absolute Gasteiger partial charge is 0.280 e. The zero-order chi connectivity index (χ0) is 24.5. The standard InChI is InChI=1S/C24H27F2N5OS2/c1-15-10-20(22(25)26)30-23(19(15)12-27)34-14-17-11-16(8-9-21(17)32-2)13-28-31-24(33)29-18-6-4-3-5-7-18/h8-11,13,18,22H,3-7,14H2,1-2H3,(H2,29,31,33)/b28-13+. The number of nitrogens with zero attached hydrogens (tertiary/aromatic N) is 3. The quantitative estimate of drug-likeness (QED) is 0.209. The highest BCUT2D eigenvalue weighted by Crippen LogP contribution is 2.32. The summed E-state index contributed by atoms with van der Waals surface area (Å²) in [6, 6.07) is 9.28. The molecule has 0 saturated heterocycles. The first-order chi connectivity index (χ1) is 16.4. The van der Waals surface area contributed by atoms with E-state index in [0.717, 1.165) is 24.0 Å². The number of aryl methyl sites for hydroxylation is 1. The average molecular weight is 504 g/mol. The Morgan fingerprint density at radius 2 is 2.12 bits per heavy atom. The van der Waals surface area contributed by atoms with Gasteiger partial charge < -0.3 is 10.1 Å². The summed E-state index contributed by atoms with van der Waals surface area (Å²) >= 11 is 6.55. The molecule has 2 aromatic rings. The van der Waals surface area contributed by atoms with Crippen LogP contribution < -0.4 is 15.5 Å². The molecule has 180 valence electrons. The summed E-state index contributed by atoms with van der Waals surface area (Å²) in [5.74, 6) is 1.03. The summed E-state index contributed by atoms with van der Waals surface area (Å²) in [5, 5.41) is 17.8. The number of rotatable bonds is 8. The van der Waals surface area contributed by atoms with Crippen LogP contribution in [0, 0.1) is 18.3 Å². The van der Waals surface area contributed by atoms with Gasteiger partial charge in [-0.3, -0.25) is 5.43 Å². The summed E-state index contributed by atoms with van der Waals surface area (Å²) in [6.07, 6.45) is 4.90. The molecule has 3 rings (SSSR count). The number of aromatic nitrogens is 1. The minimum absolute atomic E-state index is 0.278. The Morgan fingerprint density at radius 3 is 2.79 bits per heavy atom. The number of benzene rings is 1. The number of pyridine rings is 1. The number of hydrogen-bond acceptors (Lipinski definition) is 6. The van der Waals surface area contributed by atoms with E-state index in [4.69, 9.17) is 17.0 Å². The Hall–Kier alpha value is -2.77. The summed E-state index contributed by atoms with van der Waals surface area (Å²) in [4.78, 5) is 4.01. The molecule has 0 unspecified atom stereocenters. The second kappa shape index (κ2) is 12.6. The van der Waals surface area contributed by atoms with Crippen LogP contribution in [0.5, 0.6) is 5.75 Å². The molecule has 1 aromatic heterocycles. The molecule has 1 fully saturated rings. The van der Waals surface area contributed by atoms with Gasteiger partial charge in [0.1, 0.15) is 22.5 Å². The molecule has 1 saturated carbocycles. The van der Waals surface area contributed by atoms with Crippen LogP contribution in [-0.2, 0) is 5.75 Å². The van der Waals surface area contributed by atoms with E-state index < -0.39 is 6.43 Å². The highest BCUT2D eigenvalue weighted by molar-refractivity contribution is 7.98. The van der Waals surface area contributed by atoms with E-state index in [1.54, 1.807) is 20.2 Å². The molecule has 0 aliphatic heterocycles. The maximum absolute atomic E-state index is 13.2. The van der Waals surface area contributed by atoms with Gasteiger partial charge in [0.15, 0.2) is 5.11 Å². The lowest BCUT2D eigenvalue weighted by atomic mass is 9.96. The van der Waals surface area contributed by atoms with Crippen molar-refractivity contribution in [3.63, 3.8) is 0 Å². The van der Waals surface area contributed by atoms with Crippen molar-refractivity contribution in [2.75, 3.05) is 7.11 Å². The number of ether oxygens (including phenoxy) is 1. The zero-order valence-corrected chi connectivity index (χ0v) is 20.7. The Labute approximate surface area is 208 Å². The van der Waals surface area contributed by atoms with Gasteiger partial charge in [-0.25, -0.2) is 13.8 Å². The number of hydrazone groups is 1. The maximum atomic E-state index is 13.2. The Balaban J connectivity index is 1.68. The van der Waals surface area contributed by atoms with Gasteiger partial charge >= 0.3 is 0 Å². The van der Waals surface area contributed by atoms with Crippen LogP contribution in [-0.4, -0.2) is 29.5 Å². The Kier molecular flexibility index (Phi) is 9.60. The Morgan fingerprint density at radius 1 is 1.35 bits per heavy atom. The van der Waals surface area contributed by atoms with Crippen molar-refractivity contribution < 1.29 is 13.5 Å². The first-order valence-corrected chi connectivity index (χ1v) is 12.4. The number of thioether (sulfide) groups is 1. The van der Waals surface area contributed by atoms with E-state index >= 15 is 0 Å². The Bertz CT molecular complexity index is 1080. The fraction of sp³-hybridized carbons (Fsp3) is 0.417. The largest absolute Gasteiger partial charge is 0.496 e. The third-order valence-electron chi connectivity index (χ3n) is 5.53. The molecule has 0 spiro atoms. The summed E-state index contributed by atoms with van der Waals surface area (Å²) in [7, 11) is 1.56. The summed E-state index contributed by atoms with van der Waals surface area (Å²) in [6.45, 7) is 1.63. The summed E-state index contributed by atoms with van der Waals surface area (Å²) < 4.78 is 31.8. The fourth-order valence-electron chi connectivity index (χ4n) is 3.79. The van der Waals surface area contributed by atoms with Crippen LogP contribution in [0.3, 0.4) is 0 Å². The van der Waals surface area contributed by atoms with Crippen molar-refractivity contribution in [1.82, 2.24) is 15.7 Å². The van der Waals surface area contributed by atoms with Crippen LogP contribution in [0.15, 0.2) is 34.4 Å². The lowest BCUT2D eigenvalue weighted by Crippen LogP contribution is -2.40. The van der Waals surface area contributed by atoms with E-state index in [1.165, 1.54) is 37.1 Å². The van der Waals surface area contributed by atoms with E-state index in [9.17, 15) is 14.0 Å². The number of nitrogens with one attached hydrogen (secondary N) is 2. The van der Waals surface area contributed by atoms with E-state index in [-0.39, 0.29) is 10.7 Å².